The molecule has 0 amide bonds. The molecule has 0 aliphatic heterocycles. The molecule has 0 aliphatic carbocycles. The van der Waals surface area contributed by atoms with Crippen LogP contribution in [0.3, 0.4) is 0 Å². The van der Waals surface area contributed by atoms with Crippen molar-refractivity contribution in [2.75, 3.05) is 20.6 Å². The molecule has 1 rings (SSSR count). The Morgan fingerprint density at radius 3 is 2.43 bits per heavy atom. The summed E-state index contributed by atoms with van der Waals surface area (Å²) in [5, 5.41) is 0. The predicted octanol–water partition coefficient (Wildman–Crippen LogP) is 2.80. The maximum atomic E-state index is 2.27. The van der Waals surface area contributed by atoms with Crippen molar-refractivity contribution in [1.82, 2.24) is 4.90 Å². The zero-order valence-electron chi connectivity index (χ0n) is 9.80. The van der Waals surface area contributed by atoms with Crippen molar-refractivity contribution >= 4 is 0 Å². The third-order valence-electron chi connectivity index (χ3n) is 2.55. The van der Waals surface area contributed by atoms with Crippen LogP contribution in [0.15, 0.2) is 18.2 Å². The molecule has 0 radical (unpaired) electrons. The quantitative estimate of drug-likeness (QED) is 0.707. The maximum absolute atomic E-state index is 2.27. The normalized spacial score (nSPS) is 10.9. The van der Waals surface area contributed by atoms with Crippen LogP contribution in [-0.4, -0.2) is 25.5 Å². The summed E-state index contributed by atoms with van der Waals surface area (Å²) in [6.45, 7) is 5.53. The van der Waals surface area contributed by atoms with E-state index in [9.17, 15) is 0 Å². The fraction of sp³-hybridized carbons (Fsp3) is 0.538. The molecular formula is C13H21N. The second-order valence-electron chi connectivity index (χ2n) is 4.34. The first-order valence-corrected chi connectivity index (χ1v) is 5.30. The van der Waals surface area contributed by atoms with Crippen LogP contribution in [0.4, 0.5) is 0 Å². The second kappa shape index (κ2) is 5.16. The second-order valence-corrected chi connectivity index (χ2v) is 4.34. The third-order valence-corrected chi connectivity index (χ3v) is 2.55. The van der Waals surface area contributed by atoms with E-state index in [2.05, 4.69) is 51.0 Å². The number of hydrogen-bond donors (Lipinski definition) is 0. The molecule has 78 valence electrons. The van der Waals surface area contributed by atoms with Gasteiger partial charge in [-0.2, -0.15) is 0 Å². The molecule has 0 aromatic heterocycles. The highest BCUT2D eigenvalue weighted by molar-refractivity contribution is 5.30. The van der Waals surface area contributed by atoms with Crippen LogP contribution in [-0.2, 0) is 6.42 Å². The fourth-order valence-electron chi connectivity index (χ4n) is 1.71. The lowest BCUT2D eigenvalue weighted by Crippen LogP contribution is -2.13. The van der Waals surface area contributed by atoms with Crippen molar-refractivity contribution in [3.05, 3.63) is 34.9 Å². The zero-order chi connectivity index (χ0) is 10.6. The Morgan fingerprint density at radius 1 is 1.14 bits per heavy atom. The summed E-state index contributed by atoms with van der Waals surface area (Å²) in [5.74, 6) is 0. The van der Waals surface area contributed by atoms with E-state index in [0.717, 1.165) is 0 Å². The summed E-state index contributed by atoms with van der Waals surface area (Å²) in [4.78, 5) is 2.24. The highest BCUT2D eigenvalue weighted by Gasteiger charge is 1.98. The minimum absolute atomic E-state index is 1.17. The van der Waals surface area contributed by atoms with E-state index < -0.39 is 0 Å². The largest absolute Gasteiger partial charge is 0.309 e. The predicted molar refractivity (Wildman–Crippen MR) is 62.8 cm³/mol. The van der Waals surface area contributed by atoms with Crippen LogP contribution in [0.25, 0.3) is 0 Å². The van der Waals surface area contributed by atoms with Gasteiger partial charge in [0.15, 0.2) is 0 Å². The Bertz CT molecular complexity index is 289. The van der Waals surface area contributed by atoms with Gasteiger partial charge >= 0.3 is 0 Å². The number of hydrogen-bond acceptors (Lipinski definition) is 1. The van der Waals surface area contributed by atoms with E-state index in [-0.39, 0.29) is 0 Å². The highest BCUT2D eigenvalue weighted by Crippen LogP contribution is 2.12. The van der Waals surface area contributed by atoms with Crippen molar-refractivity contribution in [3.8, 4) is 0 Å². The molecule has 0 saturated heterocycles. The lowest BCUT2D eigenvalue weighted by molar-refractivity contribution is 0.400. The van der Waals surface area contributed by atoms with Crippen LogP contribution in [0.1, 0.15) is 23.1 Å². The van der Waals surface area contributed by atoms with E-state index >= 15 is 0 Å². The number of rotatable bonds is 4. The van der Waals surface area contributed by atoms with Crippen molar-refractivity contribution in [1.29, 1.82) is 0 Å². The fourth-order valence-corrected chi connectivity index (χ4v) is 1.71. The first-order valence-electron chi connectivity index (χ1n) is 5.30. The Morgan fingerprint density at radius 2 is 1.86 bits per heavy atom. The van der Waals surface area contributed by atoms with Gasteiger partial charge in [0.1, 0.15) is 0 Å². The highest BCUT2D eigenvalue weighted by atomic mass is 15.0. The topological polar surface area (TPSA) is 3.24 Å². The van der Waals surface area contributed by atoms with E-state index in [0.29, 0.717) is 0 Å². The van der Waals surface area contributed by atoms with Gasteiger partial charge in [-0.3, -0.25) is 0 Å². The van der Waals surface area contributed by atoms with E-state index in [1.807, 2.05) is 0 Å². The molecule has 0 heterocycles. The van der Waals surface area contributed by atoms with Gasteiger partial charge in [0.05, 0.1) is 0 Å². The van der Waals surface area contributed by atoms with Gasteiger partial charge in [0.25, 0.3) is 0 Å². The third kappa shape index (κ3) is 3.51. The SMILES string of the molecule is Cc1ccc(CCCN(C)C)c(C)c1. The zero-order valence-corrected chi connectivity index (χ0v) is 9.80. The van der Waals surface area contributed by atoms with E-state index in [1.54, 1.807) is 0 Å². The van der Waals surface area contributed by atoms with Crippen LogP contribution in [0, 0.1) is 13.8 Å². The van der Waals surface area contributed by atoms with E-state index in [1.165, 1.54) is 36.1 Å². The molecule has 0 atom stereocenters. The van der Waals surface area contributed by atoms with Gasteiger partial charge in [0, 0.05) is 0 Å². The van der Waals surface area contributed by atoms with Gasteiger partial charge in [-0.15, -0.1) is 0 Å². The Kier molecular flexibility index (Phi) is 4.15. The summed E-state index contributed by atoms with van der Waals surface area (Å²) in [6, 6.07) is 6.74. The maximum Gasteiger partial charge on any atom is -0.00217 e. The van der Waals surface area contributed by atoms with Crippen molar-refractivity contribution in [2.45, 2.75) is 26.7 Å². The monoisotopic (exact) mass is 191 g/mol. The molecule has 1 aromatic carbocycles. The van der Waals surface area contributed by atoms with Crippen LogP contribution >= 0.6 is 0 Å². The summed E-state index contributed by atoms with van der Waals surface area (Å²) >= 11 is 0. The summed E-state index contributed by atoms with van der Waals surface area (Å²) in [5.41, 5.74) is 4.29. The summed E-state index contributed by atoms with van der Waals surface area (Å²) < 4.78 is 0. The van der Waals surface area contributed by atoms with Gasteiger partial charge in [0.2, 0.25) is 0 Å². The average Bonchev–Trinajstić information content (AvgIpc) is 2.08. The number of aryl methyl sites for hydroxylation is 3. The molecule has 0 aliphatic rings. The molecule has 0 spiro atoms. The molecule has 0 N–H and O–H groups in total. The molecule has 14 heavy (non-hydrogen) atoms. The lowest BCUT2D eigenvalue weighted by Gasteiger charge is -2.10. The molecule has 0 unspecified atom stereocenters. The first kappa shape index (κ1) is 11.3. The Labute approximate surface area is 87.7 Å². The van der Waals surface area contributed by atoms with Gasteiger partial charge in [-0.1, -0.05) is 23.8 Å². The summed E-state index contributed by atoms with van der Waals surface area (Å²) in [7, 11) is 4.25. The first-order chi connectivity index (χ1) is 6.59. The van der Waals surface area contributed by atoms with Crippen molar-refractivity contribution in [2.24, 2.45) is 0 Å². The minimum Gasteiger partial charge on any atom is -0.309 e. The average molecular weight is 191 g/mol. The molecule has 1 heteroatoms. The number of nitrogens with zero attached hydrogens (tertiary/aromatic N) is 1. The Balaban J connectivity index is 2.51. The van der Waals surface area contributed by atoms with Gasteiger partial charge in [-0.25, -0.2) is 0 Å². The van der Waals surface area contributed by atoms with Gasteiger partial charge < -0.3 is 4.90 Å². The Hall–Kier alpha value is -0.820. The molecular weight excluding hydrogens is 170 g/mol. The molecule has 0 saturated carbocycles. The molecule has 1 nitrogen and oxygen atoms in total. The van der Waals surface area contributed by atoms with Crippen LogP contribution < -0.4 is 0 Å². The van der Waals surface area contributed by atoms with Crippen molar-refractivity contribution in [3.63, 3.8) is 0 Å². The molecule has 0 bridgehead atoms. The number of benzene rings is 1. The molecule has 0 fully saturated rings. The van der Waals surface area contributed by atoms with Crippen LogP contribution in [0.5, 0.6) is 0 Å². The standard InChI is InChI=1S/C13H21N/c1-11-7-8-13(12(2)10-11)6-5-9-14(3)4/h7-8,10H,5-6,9H2,1-4H3. The minimum atomic E-state index is 1.17. The van der Waals surface area contributed by atoms with Crippen molar-refractivity contribution < 1.29 is 0 Å². The molecule has 1 aromatic rings. The summed E-state index contributed by atoms with van der Waals surface area (Å²) in [6.07, 6.45) is 2.45. The lowest BCUT2D eigenvalue weighted by atomic mass is 10.0. The van der Waals surface area contributed by atoms with Gasteiger partial charge in [-0.05, 0) is 58.5 Å². The van der Waals surface area contributed by atoms with E-state index in [4.69, 9.17) is 0 Å². The van der Waals surface area contributed by atoms with Crippen LogP contribution in [0.2, 0.25) is 0 Å². The smallest absolute Gasteiger partial charge is 0.00217 e.